The lowest BCUT2D eigenvalue weighted by atomic mass is 10.0. The van der Waals surface area contributed by atoms with Crippen molar-refractivity contribution in [3.05, 3.63) is 65.2 Å². The van der Waals surface area contributed by atoms with Crippen LogP contribution in [0.1, 0.15) is 41.3 Å². The molecule has 0 atom stereocenters. The van der Waals surface area contributed by atoms with Gasteiger partial charge in [-0.25, -0.2) is 0 Å². The Morgan fingerprint density at radius 1 is 1.22 bits per heavy atom. The number of amides is 1. The molecule has 1 amide bonds. The van der Waals surface area contributed by atoms with Crippen molar-refractivity contribution in [1.29, 1.82) is 5.26 Å². The molecule has 0 aliphatic carbocycles. The molecule has 118 valence electrons. The van der Waals surface area contributed by atoms with Crippen LogP contribution in [0.4, 0.5) is 0 Å². The van der Waals surface area contributed by atoms with Gasteiger partial charge in [0.2, 0.25) is 0 Å². The first-order valence-electron chi connectivity index (χ1n) is 7.61. The Balaban J connectivity index is 1.79. The zero-order valence-corrected chi connectivity index (χ0v) is 13.4. The number of nitrogens with zero attached hydrogens (tertiary/aromatic N) is 1. The Labute approximate surface area is 136 Å². The van der Waals surface area contributed by atoms with E-state index in [-0.39, 0.29) is 5.91 Å². The van der Waals surface area contributed by atoms with Crippen molar-refractivity contribution in [1.82, 2.24) is 5.32 Å². The van der Waals surface area contributed by atoms with Crippen LogP contribution >= 0.6 is 0 Å². The van der Waals surface area contributed by atoms with E-state index in [0.29, 0.717) is 35.9 Å². The van der Waals surface area contributed by atoms with Gasteiger partial charge >= 0.3 is 0 Å². The third kappa shape index (κ3) is 4.86. The highest BCUT2D eigenvalue weighted by Gasteiger charge is 2.06. The zero-order valence-electron chi connectivity index (χ0n) is 13.4. The van der Waals surface area contributed by atoms with Crippen LogP contribution < -0.4 is 10.1 Å². The summed E-state index contributed by atoms with van der Waals surface area (Å²) in [6.07, 6.45) is 0. The summed E-state index contributed by atoms with van der Waals surface area (Å²) in [5.41, 5.74) is 2.40. The van der Waals surface area contributed by atoms with Crippen molar-refractivity contribution in [2.24, 2.45) is 0 Å². The fourth-order valence-electron chi connectivity index (χ4n) is 2.11. The molecule has 0 bridgehead atoms. The number of hydrogen-bond acceptors (Lipinski definition) is 3. The van der Waals surface area contributed by atoms with E-state index in [0.717, 1.165) is 0 Å². The predicted octanol–water partition coefficient (Wildman–Crippen LogP) is 3.49. The summed E-state index contributed by atoms with van der Waals surface area (Å²) in [5.74, 6) is 0.957. The lowest BCUT2D eigenvalue weighted by Crippen LogP contribution is -2.28. The van der Waals surface area contributed by atoms with Gasteiger partial charge in [0.1, 0.15) is 12.4 Å². The van der Waals surface area contributed by atoms with Gasteiger partial charge in [-0.3, -0.25) is 4.79 Å². The van der Waals surface area contributed by atoms with Gasteiger partial charge in [0.05, 0.1) is 18.2 Å². The molecule has 0 unspecified atom stereocenters. The molecule has 0 spiro atoms. The van der Waals surface area contributed by atoms with E-state index in [9.17, 15) is 4.79 Å². The molecule has 2 aromatic carbocycles. The number of hydrogen-bond donors (Lipinski definition) is 1. The van der Waals surface area contributed by atoms with Crippen LogP contribution in [-0.2, 0) is 0 Å². The lowest BCUT2D eigenvalue weighted by Gasteiger charge is -2.09. The number of nitriles is 1. The van der Waals surface area contributed by atoms with Gasteiger partial charge < -0.3 is 10.1 Å². The van der Waals surface area contributed by atoms with E-state index in [2.05, 4.69) is 25.2 Å². The van der Waals surface area contributed by atoms with Crippen molar-refractivity contribution in [2.75, 3.05) is 13.2 Å². The fourth-order valence-corrected chi connectivity index (χ4v) is 2.11. The minimum Gasteiger partial charge on any atom is -0.492 e. The average molecular weight is 308 g/mol. The maximum absolute atomic E-state index is 12.0. The van der Waals surface area contributed by atoms with Gasteiger partial charge in [-0.2, -0.15) is 5.26 Å². The second-order valence-electron chi connectivity index (χ2n) is 5.52. The Kier molecular flexibility index (Phi) is 5.76. The van der Waals surface area contributed by atoms with Crippen molar-refractivity contribution >= 4 is 5.91 Å². The van der Waals surface area contributed by atoms with Crippen LogP contribution in [0.15, 0.2) is 48.5 Å². The first-order chi connectivity index (χ1) is 11.1. The second-order valence-corrected chi connectivity index (χ2v) is 5.52. The normalized spacial score (nSPS) is 10.2. The summed E-state index contributed by atoms with van der Waals surface area (Å²) in [5, 5.41) is 11.6. The van der Waals surface area contributed by atoms with E-state index < -0.39 is 0 Å². The molecule has 0 aliphatic rings. The van der Waals surface area contributed by atoms with Crippen LogP contribution in [0.2, 0.25) is 0 Å². The van der Waals surface area contributed by atoms with E-state index >= 15 is 0 Å². The van der Waals surface area contributed by atoms with E-state index in [1.54, 1.807) is 24.3 Å². The highest BCUT2D eigenvalue weighted by Crippen LogP contribution is 2.15. The molecular weight excluding hydrogens is 288 g/mol. The van der Waals surface area contributed by atoms with Gasteiger partial charge in [-0.15, -0.1) is 0 Å². The maximum atomic E-state index is 12.0. The lowest BCUT2D eigenvalue weighted by molar-refractivity contribution is 0.0947. The number of carbonyl (C=O) groups excluding carboxylic acids is 1. The molecular formula is C19H20N2O2. The van der Waals surface area contributed by atoms with Gasteiger partial charge in [0.25, 0.3) is 5.91 Å². The molecule has 0 radical (unpaired) electrons. The quantitative estimate of drug-likeness (QED) is 0.831. The summed E-state index contributed by atoms with van der Waals surface area (Å²) in [6.45, 7) is 4.99. The Morgan fingerprint density at radius 2 is 1.96 bits per heavy atom. The van der Waals surface area contributed by atoms with E-state index in [1.807, 2.05) is 24.3 Å². The maximum Gasteiger partial charge on any atom is 0.251 e. The summed E-state index contributed by atoms with van der Waals surface area (Å²) in [6, 6.07) is 16.6. The van der Waals surface area contributed by atoms with Crippen molar-refractivity contribution in [3.8, 4) is 11.8 Å². The van der Waals surface area contributed by atoms with Crippen molar-refractivity contribution in [3.63, 3.8) is 0 Å². The summed E-state index contributed by atoms with van der Waals surface area (Å²) < 4.78 is 5.52. The summed E-state index contributed by atoms with van der Waals surface area (Å²) >= 11 is 0. The molecule has 4 nitrogen and oxygen atoms in total. The SMILES string of the molecule is CC(C)c1ccc(C(=O)NCCOc2cccc(C#N)c2)cc1. The Morgan fingerprint density at radius 3 is 2.61 bits per heavy atom. The van der Waals surface area contributed by atoms with Crippen LogP contribution in [-0.4, -0.2) is 19.1 Å². The molecule has 0 saturated heterocycles. The minimum atomic E-state index is -0.116. The predicted molar refractivity (Wildman–Crippen MR) is 89.5 cm³/mol. The van der Waals surface area contributed by atoms with Gasteiger partial charge in [0.15, 0.2) is 0 Å². The molecule has 2 aromatic rings. The number of benzene rings is 2. The summed E-state index contributed by atoms with van der Waals surface area (Å²) in [7, 11) is 0. The van der Waals surface area contributed by atoms with E-state index in [4.69, 9.17) is 10.00 Å². The molecule has 0 heterocycles. The number of rotatable bonds is 6. The second kappa shape index (κ2) is 8.00. The van der Waals surface area contributed by atoms with Crippen molar-refractivity contribution in [2.45, 2.75) is 19.8 Å². The first kappa shape index (κ1) is 16.6. The van der Waals surface area contributed by atoms with Crippen LogP contribution in [0.25, 0.3) is 0 Å². The van der Waals surface area contributed by atoms with Gasteiger partial charge in [-0.1, -0.05) is 32.0 Å². The van der Waals surface area contributed by atoms with Crippen LogP contribution in [0.5, 0.6) is 5.75 Å². The average Bonchev–Trinajstić information content (AvgIpc) is 2.58. The van der Waals surface area contributed by atoms with Gasteiger partial charge in [-0.05, 0) is 41.8 Å². The molecule has 0 fully saturated rings. The zero-order chi connectivity index (χ0) is 16.7. The number of nitrogens with one attached hydrogen (secondary N) is 1. The highest BCUT2D eigenvalue weighted by molar-refractivity contribution is 5.94. The third-order valence-electron chi connectivity index (χ3n) is 3.46. The third-order valence-corrected chi connectivity index (χ3v) is 3.46. The Hall–Kier alpha value is -2.80. The number of carbonyl (C=O) groups is 1. The highest BCUT2D eigenvalue weighted by atomic mass is 16.5. The van der Waals surface area contributed by atoms with Crippen molar-refractivity contribution < 1.29 is 9.53 Å². The first-order valence-corrected chi connectivity index (χ1v) is 7.61. The molecule has 0 saturated carbocycles. The topological polar surface area (TPSA) is 62.1 Å². The smallest absolute Gasteiger partial charge is 0.251 e. The fraction of sp³-hybridized carbons (Fsp3) is 0.263. The summed E-state index contributed by atoms with van der Waals surface area (Å²) in [4.78, 5) is 12.0. The van der Waals surface area contributed by atoms with Gasteiger partial charge in [0, 0.05) is 5.56 Å². The molecule has 0 aromatic heterocycles. The molecule has 23 heavy (non-hydrogen) atoms. The largest absolute Gasteiger partial charge is 0.492 e. The minimum absolute atomic E-state index is 0.116. The molecule has 2 rings (SSSR count). The Bertz CT molecular complexity index is 700. The number of ether oxygens (including phenoxy) is 1. The van der Waals surface area contributed by atoms with E-state index in [1.165, 1.54) is 5.56 Å². The monoisotopic (exact) mass is 308 g/mol. The van der Waals surface area contributed by atoms with Crippen LogP contribution in [0, 0.1) is 11.3 Å². The molecule has 1 N–H and O–H groups in total. The molecule has 0 aliphatic heterocycles. The standard InChI is InChI=1S/C19H20N2O2/c1-14(2)16-6-8-17(9-7-16)19(22)21-10-11-23-18-5-3-4-15(12-18)13-20/h3-9,12,14H,10-11H2,1-2H3,(H,21,22). The molecule has 4 heteroatoms. The van der Waals surface area contributed by atoms with Crippen LogP contribution in [0.3, 0.4) is 0 Å².